The Morgan fingerprint density at radius 3 is 2.47 bits per heavy atom. The van der Waals surface area contributed by atoms with E-state index in [4.69, 9.17) is 4.74 Å². The summed E-state index contributed by atoms with van der Waals surface area (Å²) in [6.07, 6.45) is 1.02. The third-order valence-corrected chi connectivity index (χ3v) is 3.05. The molecule has 0 aliphatic heterocycles. The van der Waals surface area contributed by atoms with Gasteiger partial charge in [0, 0.05) is 4.47 Å². The van der Waals surface area contributed by atoms with Crippen molar-refractivity contribution in [3.63, 3.8) is 0 Å². The minimum Gasteiger partial charge on any atom is -0.489 e. The van der Waals surface area contributed by atoms with E-state index in [0.717, 1.165) is 16.6 Å². The third-order valence-electron chi connectivity index (χ3n) is 2.59. The van der Waals surface area contributed by atoms with Gasteiger partial charge >= 0.3 is 0 Å². The summed E-state index contributed by atoms with van der Waals surface area (Å²) >= 11 is 3.50. The molecule has 0 atom stereocenters. The second-order valence-electron chi connectivity index (χ2n) is 3.92. The molecule has 0 bridgehead atoms. The Hall–Kier alpha value is -1.28. The van der Waals surface area contributed by atoms with Crippen LogP contribution in [0, 0.1) is 0 Å². The second-order valence-corrected chi connectivity index (χ2v) is 4.84. The van der Waals surface area contributed by atoms with Crippen molar-refractivity contribution in [2.24, 2.45) is 0 Å². The summed E-state index contributed by atoms with van der Waals surface area (Å²) in [6, 6.07) is 16.4. The molecule has 17 heavy (non-hydrogen) atoms. The molecule has 0 radical (unpaired) electrons. The van der Waals surface area contributed by atoms with Crippen LogP contribution >= 0.6 is 15.9 Å². The Morgan fingerprint density at radius 1 is 1.00 bits per heavy atom. The van der Waals surface area contributed by atoms with Gasteiger partial charge in [0.2, 0.25) is 0 Å². The van der Waals surface area contributed by atoms with Crippen molar-refractivity contribution in [3.8, 4) is 5.75 Å². The summed E-state index contributed by atoms with van der Waals surface area (Å²) in [5, 5.41) is 0. The minimum absolute atomic E-state index is 0.612. The molecule has 0 unspecified atom stereocenters. The molecule has 88 valence electrons. The summed E-state index contributed by atoms with van der Waals surface area (Å²) in [6.45, 7) is 2.75. The van der Waals surface area contributed by atoms with Gasteiger partial charge in [-0.15, -0.1) is 0 Å². The molecule has 0 spiro atoms. The predicted molar refractivity (Wildman–Crippen MR) is 74.3 cm³/mol. The Labute approximate surface area is 111 Å². The Kier molecular flexibility index (Phi) is 4.21. The molecule has 0 saturated carbocycles. The lowest BCUT2D eigenvalue weighted by Gasteiger charge is -2.08. The third kappa shape index (κ3) is 3.60. The lowest BCUT2D eigenvalue weighted by atomic mass is 10.2. The SMILES string of the molecule is CCc1cc(Br)cc(OCc2ccccc2)c1. The summed E-state index contributed by atoms with van der Waals surface area (Å²) in [7, 11) is 0. The zero-order valence-corrected chi connectivity index (χ0v) is 11.4. The molecule has 2 rings (SSSR count). The van der Waals surface area contributed by atoms with Crippen molar-refractivity contribution in [1.82, 2.24) is 0 Å². The van der Waals surface area contributed by atoms with Crippen LogP contribution in [0.25, 0.3) is 0 Å². The van der Waals surface area contributed by atoms with Crippen LogP contribution in [0.1, 0.15) is 18.1 Å². The molecule has 2 aromatic carbocycles. The zero-order valence-electron chi connectivity index (χ0n) is 9.82. The molecule has 0 aromatic heterocycles. The highest BCUT2D eigenvalue weighted by Gasteiger charge is 2.00. The van der Waals surface area contributed by atoms with Gasteiger partial charge in [-0.05, 0) is 35.7 Å². The number of halogens is 1. The van der Waals surface area contributed by atoms with Gasteiger partial charge in [-0.3, -0.25) is 0 Å². The molecule has 2 aromatic rings. The van der Waals surface area contributed by atoms with E-state index in [-0.39, 0.29) is 0 Å². The van der Waals surface area contributed by atoms with Gasteiger partial charge in [-0.2, -0.15) is 0 Å². The first-order valence-corrected chi connectivity index (χ1v) is 6.53. The van der Waals surface area contributed by atoms with Crippen molar-refractivity contribution in [3.05, 3.63) is 64.1 Å². The van der Waals surface area contributed by atoms with Crippen LogP contribution in [-0.4, -0.2) is 0 Å². The zero-order chi connectivity index (χ0) is 12.1. The summed E-state index contributed by atoms with van der Waals surface area (Å²) < 4.78 is 6.85. The molecule has 0 aliphatic carbocycles. The van der Waals surface area contributed by atoms with Crippen LogP contribution in [0.15, 0.2) is 53.0 Å². The average molecular weight is 291 g/mol. The second kappa shape index (κ2) is 5.87. The van der Waals surface area contributed by atoms with Crippen LogP contribution in [0.4, 0.5) is 0 Å². The van der Waals surface area contributed by atoms with E-state index in [1.54, 1.807) is 0 Å². The topological polar surface area (TPSA) is 9.23 Å². The molecule has 0 aliphatic rings. The first kappa shape index (κ1) is 12.2. The smallest absolute Gasteiger partial charge is 0.121 e. The van der Waals surface area contributed by atoms with Crippen molar-refractivity contribution >= 4 is 15.9 Å². The van der Waals surface area contributed by atoms with E-state index in [1.165, 1.54) is 11.1 Å². The van der Waals surface area contributed by atoms with Gasteiger partial charge in [0.1, 0.15) is 12.4 Å². The normalized spacial score (nSPS) is 10.2. The molecule has 0 amide bonds. The largest absolute Gasteiger partial charge is 0.489 e. The van der Waals surface area contributed by atoms with Crippen LogP contribution in [-0.2, 0) is 13.0 Å². The molecular formula is C15H15BrO. The Morgan fingerprint density at radius 2 is 1.76 bits per heavy atom. The van der Waals surface area contributed by atoms with Crippen LogP contribution in [0.2, 0.25) is 0 Å². The highest BCUT2D eigenvalue weighted by atomic mass is 79.9. The van der Waals surface area contributed by atoms with E-state index < -0.39 is 0 Å². The van der Waals surface area contributed by atoms with E-state index in [0.29, 0.717) is 6.61 Å². The number of hydrogen-bond acceptors (Lipinski definition) is 1. The summed E-state index contributed by atoms with van der Waals surface area (Å²) in [5.74, 6) is 0.917. The molecule has 0 N–H and O–H groups in total. The van der Waals surface area contributed by atoms with Crippen molar-refractivity contribution in [1.29, 1.82) is 0 Å². The summed E-state index contributed by atoms with van der Waals surface area (Å²) in [5.41, 5.74) is 2.47. The van der Waals surface area contributed by atoms with Gasteiger partial charge in [0.15, 0.2) is 0 Å². The highest BCUT2D eigenvalue weighted by Crippen LogP contribution is 2.22. The van der Waals surface area contributed by atoms with Crippen LogP contribution in [0.5, 0.6) is 5.75 Å². The maximum atomic E-state index is 5.79. The minimum atomic E-state index is 0.612. The van der Waals surface area contributed by atoms with E-state index >= 15 is 0 Å². The molecule has 0 saturated heterocycles. The number of ether oxygens (including phenoxy) is 1. The van der Waals surface area contributed by atoms with E-state index in [9.17, 15) is 0 Å². The Balaban J connectivity index is 2.06. The van der Waals surface area contributed by atoms with Gasteiger partial charge in [0.25, 0.3) is 0 Å². The average Bonchev–Trinajstić information content (AvgIpc) is 2.37. The van der Waals surface area contributed by atoms with Crippen LogP contribution < -0.4 is 4.74 Å². The fourth-order valence-corrected chi connectivity index (χ4v) is 2.17. The van der Waals surface area contributed by atoms with Gasteiger partial charge in [-0.1, -0.05) is 53.2 Å². The highest BCUT2D eigenvalue weighted by molar-refractivity contribution is 9.10. The predicted octanol–water partition coefficient (Wildman–Crippen LogP) is 4.59. The number of aryl methyl sites for hydroxylation is 1. The van der Waals surface area contributed by atoms with E-state index in [2.05, 4.69) is 47.1 Å². The van der Waals surface area contributed by atoms with Crippen molar-refractivity contribution in [2.45, 2.75) is 20.0 Å². The molecule has 0 fully saturated rings. The van der Waals surface area contributed by atoms with Gasteiger partial charge in [-0.25, -0.2) is 0 Å². The van der Waals surface area contributed by atoms with Crippen LogP contribution in [0.3, 0.4) is 0 Å². The fourth-order valence-electron chi connectivity index (χ4n) is 1.65. The lowest BCUT2D eigenvalue weighted by molar-refractivity contribution is 0.306. The number of rotatable bonds is 4. The van der Waals surface area contributed by atoms with Gasteiger partial charge in [0.05, 0.1) is 0 Å². The van der Waals surface area contributed by atoms with Gasteiger partial charge < -0.3 is 4.74 Å². The number of hydrogen-bond donors (Lipinski definition) is 0. The number of benzene rings is 2. The first-order chi connectivity index (χ1) is 8.28. The maximum absolute atomic E-state index is 5.79. The molecular weight excluding hydrogens is 276 g/mol. The molecule has 0 heterocycles. The Bertz CT molecular complexity index is 480. The molecule has 2 heteroatoms. The monoisotopic (exact) mass is 290 g/mol. The fraction of sp³-hybridized carbons (Fsp3) is 0.200. The first-order valence-electron chi connectivity index (χ1n) is 5.74. The quantitative estimate of drug-likeness (QED) is 0.800. The molecule has 1 nitrogen and oxygen atoms in total. The standard InChI is InChI=1S/C15H15BrO/c1-2-12-8-14(16)10-15(9-12)17-11-13-6-4-3-5-7-13/h3-10H,2,11H2,1H3. The summed E-state index contributed by atoms with van der Waals surface area (Å²) in [4.78, 5) is 0. The maximum Gasteiger partial charge on any atom is 0.121 e. The van der Waals surface area contributed by atoms with Crippen molar-refractivity contribution in [2.75, 3.05) is 0 Å². The van der Waals surface area contributed by atoms with E-state index in [1.807, 2.05) is 24.3 Å². The lowest BCUT2D eigenvalue weighted by Crippen LogP contribution is -1.95. The van der Waals surface area contributed by atoms with Crippen molar-refractivity contribution < 1.29 is 4.74 Å².